The molecule has 0 spiro atoms. The molecule has 0 unspecified atom stereocenters. The lowest BCUT2D eigenvalue weighted by molar-refractivity contribution is 0.601. The summed E-state index contributed by atoms with van der Waals surface area (Å²) in [4.78, 5) is 3.30. The average Bonchev–Trinajstić information content (AvgIpc) is 2.99. The molecular weight excluding hydrogens is 344 g/mol. The lowest BCUT2D eigenvalue weighted by Crippen LogP contribution is -1.99. The summed E-state index contributed by atoms with van der Waals surface area (Å²) in [6, 6.07) is 9.06. The number of hydrogen-bond acceptors (Lipinski definition) is 1. The molecule has 1 aromatic heterocycles. The summed E-state index contributed by atoms with van der Waals surface area (Å²) in [5.74, 6) is 0. The summed E-state index contributed by atoms with van der Waals surface area (Å²) in [7, 11) is 0. The van der Waals surface area contributed by atoms with Crippen LogP contribution in [0.4, 0.5) is 0 Å². The van der Waals surface area contributed by atoms with E-state index < -0.39 is 0 Å². The molecule has 0 saturated carbocycles. The fourth-order valence-corrected chi connectivity index (χ4v) is 5.88. The maximum Gasteiger partial charge on any atom is 0.0433 e. The Morgan fingerprint density at radius 2 is 1.19 bits per heavy atom. The van der Waals surface area contributed by atoms with Crippen molar-refractivity contribution < 1.29 is 0 Å². The Hall–Kier alpha value is -1.08. The van der Waals surface area contributed by atoms with Crippen molar-refractivity contribution in [1.82, 2.24) is 0 Å². The van der Waals surface area contributed by atoms with Gasteiger partial charge in [-0.15, -0.1) is 11.3 Å². The van der Waals surface area contributed by atoms with Crippen LogP contribution in [0.1, 0.15) is 101 Å². The molecule has 0 N–H and O–H groups in total. The number of unbranched alkanes of at least 4 members (excludes halogenated alkanes) is 10. The molecule has 2 aromatic rings. The molecule has 0 nitrogen and oxygen atoms in total. The summed E-state index contributed by atoms with van der Waals surface area (Å²) in [5, 5.41) is 0. The third-order valence-electron chi connectivity index (χ3n) is 6.07. The van der Waals surface area contributed by atoms with E-state index in [-0.39, 0.29) is 0 Å². The molecule has 0 saturated heterocycles. The van der Waals surface area contributed by atoms with Crippen LogP contribution >= 0.6 is 11.3 Å². The van der Waals surface area contributed by atoms with Gasteiger partial charge in [-0.1, -0.05) is 102 Å². The smallest absolute Gasteiger partial charge is 0.0433 e. The Morgan fingerprint density at radius 3 is 1.85 bits per heavy atom. The van der Waals surface area contributed by atoms with Crippen molar-refractivity contribution in [3.8, 4) is 21.6 Å². The molecule has 0 radical (unpaired) electrons. The van der Waals surface area contributed by atoms with Gasteiger partial charge in [0, 0.05) is 20.9 Å². The molecule has 1 aliphatic rings. The Morgan fingerprint density at radius 1 is 0.630 bits per heavy atom. The van der Waals surface area contributed by atoms with Crippen LogP contribution < -0.4 is 0 Å². The highest BCUT2D eigenvalue weighted by Gasteiger charge is 2.29. The van der Waals surface area contributed by atoms with Crippen LogP contribution in [0.15, 0.2) is 24.3 Å². The zero-order chi connectivity index (χ0) is 18.9. The third kappa shape index (κ3) is 5.25. The van der Waals surface area contributed by atoms with Crippen molar-refractivity contribution >= 4 is 11.3 Å². The maximum absolute atomic E-state index is 2.34. The van der Waals surface area contributed by atoms with Gasteiger partial charge in [0.05, 0.1) is 0 Å². The fourth-order valence-electron chi connectivity index (χ4n) is 4.44. The molecule has 1 heterocycles. The van der Waals surface area contributed by atoms with Gasteiger partial charge in [-0.2, -0.15) is 0 Å². The lowest BCUT2D eigenvalue weighted by atomic mass is 9.83. The van der Waals surface area contributed by atoms with Crippen molar-refractivity contribution in [2.45, 2.75) is 104 Å². The second kappa shape index (κ2) is 11.1. The molecule has 148 valence electrons. The fraction of sp³-hybridized carbons (Fsp3) is 0.615. The minimum atomic E-state index is 1.30. The van der Waals surface area contributed by atoms with E-state index in [2.05, 4.69) is 49.4 Å². The molecule has 0 atom stereocenters. The van der Waals surface area contributed by atoms with E-state index in [1.54, 1.807) is 20.9 Å². The van der Waals surface area contributed by atoms with Crippen LogP contribution in [0.25, 0.3) is 21.6 Å². The van der Waals surface area contributed by atoms with Gasteiger partial charge in [-0.05, 0) is 36.8 Å². The second-order valence-corrected chi connectivity index (χ2v) is 9.39. The van der Waals surface area contributed by atoms with Crippen LogP contribution in [0.5, 0.6) is 0 Å². The van der Waals surface area contributed by atoms with Gasteiger partial charge in [-0.25, -0.2) is 0 Å². The standard InChI is InChI=1S/C26H38S/c1-3-5-7-9-11-13-19-23-24(20-14-12-10-8-6-4-2)27-26-22-18-16-15-17-21(22)25(23)26/h15-18H,3-14,19-20H2,1-2H3. The molecule has 1 aliphatic carbocycles. The van der Waals surface area contributed by atoms with Crippen molar-refractivity contribution in [1.29, 1.82) is 0 Å². The quantitative estimate of drug-likeness (QED) is 0.244. The van der Waals surface area contributed by atoms with E-state index in [1.807, 2.05) is 0 Å². The Balaban J connectivity index is 1.58. The van der Waals surface area contributed by atoms with Gasteiger partial charge in [0.15, 0.2) is 0 Å². The van der Waals surface area contributed by atoms with E-state index in [0.717, 1.165) is 0 Å². The largest absolute Gasteiger partial charge is 0.139 e. The Bertz CT molecular complexity index is 694. The van der Waals surface area contributed by atoms with Crippen LogP contribution in [-0.4, -0.2) is 0 Å². The normalized spacial score (nSPS) is 11.9. The molecule has 0 fully saturated rings. The summed E-state index contributed by atoms with van der Waals surface area (Å²) in [5.41, 5.74) is 6.39. The van der Waals surface area contributed by atoms with E-state index >= 15 is 0 Å². The summed E-state index contributed by atoms with van der Waals surface area (Å²) < 4.78 is 0. The highest BCUT2D eigenvalue weighted by atomic mass is 32.1. The average molecular weight is 383 g/mol. The van der Waals surface area contributed by atoms with Crippen molar-refractivity contribution in [2.24, 2.45) is 0 Å². The predicted molar refractivity (Wildman–Crippen MR) is 123 cm³/mol. The zero-order valence-corrected chi connectivity index (χ0v) is 18.4. The van der Waals surface area contributed by atoms with Crippen molar-refractivity contribution in [3.63, 3.8) is 0 Å². The van der Waals surface area contributed by atoms with Crippen LogP contribution in [0.2, 0.25) is 0 Å². The van der Waals surface area contributed by atoms with Crippen LogP contribution in [-0.2, 0) is 12.8 Å². The monoisotopic (exact) mass is 382 g/mol. The van der Waals surface area contributed by atoms with Crippen molar-refractivity contribution in [3.05, 3.63) is 34.7 Å². The lowest BCUT2D eigenvalue weighted by Gasteiger charge is -2.21. The third-order valence-corrected chi connectivity index (χ3v) is 7.39. The first kappa shape index (κ1) is 20.6. The number of benzene rings is 1. The Kier molecular flexibility index (Phi) is 8.45. The molecule has 1 aromatic carbocycles. The number of rotatable bonds is 14. The molecule has 0 aliphatic heterocycles. The van der Waals surface area contributed by atoms with E-state index in [9.17, 15) is 0 Å². The summed E-state index contributed by atoms with van der Waals surface area (Å²) in [6.45, 7) is 4.60. The predicted octanol–water partition coefficient (Wildman–Crippen LogP) is 9.20. The van der Waals surface area contributed by atoms with Gasteiger partial charge in [0.1, 0.15) is 0 Å². The Labute approximate surface area is 171 Å². The van der Waals surface area contributed by atoms with E-state index in [4.69, 9.17) is 0 Å². The van der Waals surface area contributed by atoms with Gasteiger partial charge >= 0.3 is 0 Å². The van der Waals surface area contributed by atoms with E-state index in [1.165, 1.54) is 101 Å². The first-order valence-corrected chi connectivity index (χ1v) is 12.4. The SMILES string of the molecule is CCCCCCCCc1sc2c(c1CCCCCCCC)-c1ccccc1-2. The molecule has 0 amide bonds. The zero-order valence-electron chi connectivity index (χ0n) is 17.6. The first-order valence-electron chi connectivity index (χ1n) is 11.6. The van der Waals surface area contributed by atoms with Gasteiger partial charge < -0.3 is 0 Å². The topological polar surface area (TPSA) is 0 Å². The second-order valence-electron chi connectivity index (χ2n) is 8.29. The molecular formula is C26H38S. The maximum atomic E-state index is 2.34. The minimum absolute atomic E-state index is 1.30. The van der Waals surface area contributed by atoms with Crippen molar-refractivity contribution in [2.75, 3.05) is 0 Å². The summed E-state index contributed by atoms with van der Waals surface area (Å²) in [6.07, 6.45) is 19.4. The highest BCUT2D eigenvalue weighted by molar-refractivity contribution is 7.17. The number of aryl methyl sites for hydroxylation is 1. The van der Waals surface area contributed by atoms with Crippen LogP contribution in [0, 0.1) is 0 Å². The van der Waals surface area contributed by atoms with E-state index in [0.29, 0.717) is 0 Å². The van der Waals surface area contributed by atoms with Gasteiger partial charge in [0.2, 0.25) is 0 Å². The van der Waals surface area contributed by atoms with Crippen LogP contribution in [0.3, 0.4) is 0 Å². The molecule has 3 rings (SSSR count). The van der Waals surface area contributed by atoms with Gasteiger partial charge in [-0.3, -0.25) is 0 Å². The van der Waals surface area contributed by atoms with Gasteiger partial charge in [0.25, 0.3) is 0 Å². The minimum Gasteiger partial charge on any atom is -0.139 e. The first-order chi connectivity index (χ1) is 13.4. The molecule has 0 bridgehead atoms. The molecule has 27 heavy (non-hydrogen) atoms. The number of thiophene rings is 1. The highest BCUT2D eigenvalue weighted by Crippen LogP contribution is 2.55. The number of hydrogen-bond donors (Lipinski definition) is 0. The number of fused-ring (bicyclic) bond motifs is 4. The summed E-state index contributed by atoms with van der Waals surface area (Å²) >= 11 is 2.11. The molecule has 1 heteroatoms.